The van der Waals surface area contributed by atoms with Gasteiger partial charge >= 0.3 is 0 Å². The van der Waals surface area contributed by atoms with Crippen LogP contribution in [0.2, 0.25) is 0 Å². The van der Waals surface area contributed by atoms with Crippen molar-refractivity contribution in [1.29, 1.82) is 0 Å². The van der Waals surface area contributed by atoms with Crippen molar-refractivity contribution in [2.75, 3.05) is 12.1 Å². The van der Waals surface area contributed by atoms with E-state index in [1.807, 2.05) is 26.0 Å². The summed E-state index contributed by atoms with van der Waals surface area (Å²) in [5, 5.41) is 2.75. The van der Waals surface area contributed by atoms with Gasteiger partial charge in [-0.2, -0.15) is 0 Å². The Morgan fingerprint density at radius 2 is 1.89 bits per heavy atom. The first-order chi connectivity index (χ1) is 13.5. The predicted molar refractivity (Wildman–Crippen MR) is 106 cm³/mol. The number of ether oxygens (including phenoxy) is 2. The third-order valence-electron chi connectivity index (χ3n) is 4.74. The second-order valence-corrected chi connectivity index (χ2v) is 6.81. The smallest absolute Gasteiger partial charge is 0.263 e. The Bertz CT molecular complexity index is 1120. The molecule has 1 N–H and O–H groups in total. The Kier molecular flexibility index (Phi) is 4.61. The van der Waals surface area contributed by atoms with Crippen LogP contribution in [0.4, 0.5) is 5.69 Å². The molecule has 0 radical (unpaired) electrons. The summed E-state index contributed by atoms with van der Waals surface area (Å²) in [5.41, 5.74) is 3.58. The van der Waals surface area contributed by atoms with Gasteiger partial charge in [0.05, 0.1) is 6.54 Å². The number of amides is 1. The molecule has 3 aromatic rings. The predicted octanol–water partition coefficient (Wildman–Crippen LogP) is 3.49. The number of anilines is 1. The van der Waals surface area contributed by atoms with Gasteiger partial charge in [0.25, 0.3) is 11.5 Å². The lowest BCUT2D eigenvalue weighted by Crippen LogP contribution is -2.29. The Morgan fingerprint density at radius 1 is 1.07 bits per heavy atom. The number of aromatic nitrogens is 1. The molecule has 1 aliphatic rings. The maximum atomic E-state index is 12.8. The van der Waals surface area contributed by atoms with E-state index in [0.29, 0.717) is 23.7 Å². The highest BCUT2D eigenvalue weighted by atomic mass is 16.7. The minimum absolute atomic E-state index is 0.0884. The molecule has 4 rings (SSSR count). The highest BCUT2D eigenvalue weighted by Crippen LogP contribution is 2.34. The van der Waals surface area contributed by atoms with Crippen molar-refractivity contribution >= 4 is 11.6 Å². The number of nitrogens with one attached hydrogen (secondary N) is 1. The average Bonchev–Trinajstić information content (AvgIpc) is 3.14. The molecule has 0 bridgehead atoms. The number of hydrogen-bond acceptors (Lipinski definition) is 4. The quantitative estimate of drug-likeness (QED) is 0.757. The van der Waals surface area contributed by atoms with Gasteiger partial charge < -0.3 is 19.4 Å². The van der Waals surface area contributed by atoms with Crippen molar-refractivity contribution in [3.05, 3.63) is 87.3 Å². The molecule has 6 nitrogen and oxygen atoms in total. The van der Waals surface area contributed by atoms with Crippen molar-refractivity contribution in [2.45, 2.75) is 20.4 Å². The maximum Gasteiger partial charge on any atom is 0.263 e. The van der Waals surface area contributed by atoms with E-state index in [1.165, 1.54) is 6.07 Å². The summed E-state index contributed by atoms with van der Waals surface area (Å²) < 4.78 is 12.1. The number of benzene rings is 2. The van der Waals surface area contributed by atoms with Crippen LogP contribution in [0, 0.1) is 13.8 Å². The number of hydrogen-bond donors (Lipinski definition) is 1. The molecular formula is C22H20N2O4. The average molecular weight is 376 g/mol. The van der Waals surface area contributed by atoms with Crippen LogP contribution < -0.4 is 20.3 Å². The molecule has 1 aromatic heterocycles. The fourth-order valence-corrected chi connectivity index (χ4v) is 3.16. The highest BCUT2D eigenvalue weighted by Gasteiger charge is 2.17. The molecule has 1 amide bonds. The molecule has 1 aliphatic heterocycles. The van der Waals surface area contributed by atoms with Crippen molar-refractivity contribution in [2.24, 2.45) is 0 Å². The van der Waals surface area contributed by atoms with E-state index in [4.69, 9.17) is 9.47 Å². The number of nitrogens with zero attached hydrogens (tertiary/aromatic N) is 1. The number of aryl methyl sites for hydroxylation is 2. The van der Waals surface area contributed by atoms with Crippen molar-refractivity contribution < 1.29 is 14.3 Å². The van der Waals surface area contributed by atoms with Crippen molar-refractivity contribution in [3.63, 3.8) is 0 Å². The third kappa shape index (κ3) is 3.49. The van der Waals surface area contributed by atoms with Crippen LogP contribution >= 0.6 is 0 Å². The number of carbonyl (C=O) groups is 1. The maximum absolute atomic E-state index is 12.8. The monoisotopic (exact) mass is 376 g/mol. The summed E-state index contributed by atoms with van der Waals surface area (Å²) in [5.74, 6) is 0.742. The van der Waals surface area contributed by atoms with Gasteiger partial charge in [-0.05, 0) is 49.2 Å². The van der Waals surface area contributed by atoms with Crippen LogP contribution in [0.15, 0.2) is 59.5 Å². The lowest BCUT2D eigenvalue weighted by atomic mass is 10.1. The van der Waals surface area contributed by atoms with Crippen molar-refractivity contribution in [1.82, 2.24) is 4.57 Å². The van der Waals surface area contributed by atoms with Gasteiger partial charge in [0.15, 0.2) is 11.5 Å². The van der Waals surface area contributed by atoms with Gasteiger partial charge in [0.1, 0.15) is 5.56 Å². The van der Waals surface area contributed by atoms with Crippen LogP contribution in [0.1, 0.15) is 27.0 Å². The lowest BCUT2D eigenvalue weighted by Gasteiger charge is -2.11. The first-order valence-electron chi connectivity index (χ1n) is 8.98. The van der Waals surface area contributed by atoms with Gasteiger partial charge in [-0.1, -0.05) is 23.8 Å². The Balaban J connectivity index is 1.58. The molecule has 0 unspecified atom stereocenters. The van der Waals surface area contributed by atoms with Crippen molar-refractivity contribution in [3.8, 4) is 11.5 Å². The van der Waals surface area contributed by atoms with Gasteiger partial charge in [0, 0.05) is 18.0 Å². The summed E-state index contributed by atoms with van der Waals surface area (Å²) in [6, 6.07) is 14.5. The Hall–Kier alpha value is -3.54. The molecule has 0 atom stereocenters. The summed E-state index contributed by atoms with van der Waals surface area (Å²) >= 11 is 0. The number of fused-ring (bicyclic) bond motifs is 1. The molecule has 0 spiro atoms. The molecule has 2 aromatic carbocycles. The molecule has 142 valence electrons. The Labute approximate surface area is 162 Å². The highest BCUT2D eigenvalue weighted by molar-refractivity contribution is 6.04. The zero-order valence-corrected chi connectivity index (χ0v) is 15.7. The minimum Gasteiger partial charge on any atom is -0.454 e. The minimum atomic E-state index is -0.459. The fraction of sp³-hybridized carbons (Fsp3) is 0.182. The van der Waals surface area contributed by atoms with Crippen LogP contribution in [0.25, 0.3) is 0 Å². The second-order valence-electron chi connectivity index (χ2n) is 6.81. The normalized spacial score (nSPS) is 12.1. The van der Waals surface area contributed by atoms with Gasteiger partial charge in [-0.3, -0.25) is 9.59 Å². The van der Waals surface area contributed by atoms with E-state index in [-0.39, 0.29) is 17.9 Å². The SMILES string of the molecule is Cc1ccc(C)c(Cn2cccc(C(=O)Nc3ccc4c(c3)OCO4)c2=O)c1. The number of rotatable bonds is 4. The lowest BCUT2D eigenvalue weighted by molar-refractivity contribution is 0.102. The molecule has 2 heterocycles. The standard InChI is InChI=1S/C22H20N2O4/c1-14-5-6-15(2)16(10-14)12-24-9-3-4-18(22(24)26)21(25)23-17-7-8-19-20(11-17)28-13-27-19/h3-11H,12-13H2,1-2H3,(H,23,25). The van der Waals surface area contributed by atoms with Gasteiger partial charge in [-0.15, -0.1) is 0 Å². The largest absolute Gasteiger partial charge is 0.454 e. The first-order valence-corrected chi connectivity index (χ1v) is 8.98. The van der Waals surface area contributed by atoms with E-state index in [2.05, 4.69) is 11.4 Å². The molecular weight excluding hydrogens is 356 g/mol. The molecule has 6 heteroatoms. The topological polar surface area (TPSA) is 69.6 Å². The van der Waals surface area contributed by atoms with Gasteiger partial charge in [-0.25, -0.2) is 0 Å². The molecule has 0 fully saturated rings. The molecule has 0 aliphatic carbocycles. The summed E-state index contributed by atoms with van der Waals surface area (Å²) in [6.45, 7) is 4.60. The summed E-state index contributed by atoms with van der Waals surface area (Å²) in [6.07, 6.45) is 1.70. The fourth-order valence-electron chi connectivity index (χ4n) is 3.16. The summed E-state index contributed by atoms with van der Waals surface area (Å²) in [7, 11) is 0. The first kappa shape index (κ1) is 17.9. The zero-order chi connectivity index (χ0) is 19.7. The van der Waals surface area contributed by atoms with E-state index >= 15 is 0 Å². The van der Waals surface area contributed by atoms with Gasteiger partial charge in [0.2, 0.25) is 6.79 Å². The van der Waals surface area contributed by atoms with E-state index in [1.54, 1.807) is 35.0 Å². The van der Waals surface area contributed by atoms with E-state index in [9.17, 15) is 9.59 Å². The van der Waals surface area contributed by atoms with Crippen LogP contribution in [0.3, 0.4) is 0 Å². The van der Waals surface area contributed by atoms with E-state index in [0.717, 1.165) is 16.7 Å². The molecule has 0 saturated heterocycles. The summed E-state index contributed by atoms with van der Waals surface area (Å²) in [4.78, 5) is 25.5. The zero-order valence-electron chi connectivity index (χ0n) is 15.7. The van der Waals surface area contributed by atoms with Crippen LogP contribution in [0.5, 0.6) is 11.5 Å². The number of pyridine rings is 1. The second kappa shape index (κ2) is 7.23. The number of carbonyl (C=O) groups excluding carboxylic acids is 1. The van der Waals surface area contributed by atoms with Crippen LogP contribution in [-0.2, 0) is 6.54 Å². The third-order valence-corrected chi connectivity index (χ3v) is 4.74. The van der Waals surface area contributed by atoms with Crippen LogP contribution in [-0.4, -0.2) is 17.3 Å². The Morgan fingerprint density at radius 3 is 2.75 bits per heavy atom. The van der Waals surface area contributed by atoms with E-state index < -0.39 is 5.91 Å². The molecule has 28 heavy (non-hydrogen) atoms. The molecule has 0 saturated carbocycles.